The van der Waals surface area contributed by atoms with Crippen molar-refractivity contribution in [3.05, 3.63) is 39.4 Å². The van der Waals surface area contributed by atoms with Crippen LogP contribution in [0.5, 0.6) is 0 Å². The van der Waals surface area contributed by atoms with Gasteiger partial charge in [-0.2, -0.15) is 4.98 Å². The summed E-state index contributed by atoms with van der Waals surface area (Å²) in [4.78, 5) is 19.6. The van der Waals surface area contributed by atoms with Crippen molar-refractivity contribution in [3.8, 4) is 0 Å². The minimum atomic E-state index is -1.71. The summed E-state index contributed by atoms with van der Waals surface area (Å²) in [6.07, 6.45) is -3.35. The summed E-state index contributed by atoms with van der Waals surface area (Å²) < 4.78 is 44.2. The maximum absolute atomic E-state index is 15.6. The topological polar surface area (TPSA) is 70.2 Å². The summed E-state index contributed by atoms with van der Waals surface area (Å²) in [7, 11) is -1.71. The fraction of sp³-hybridized carbons (Fsp3) is 0.750. The van der Waals surface area contributed by atoms with Crippen LogP contribution in [0.3, 0.4) is 0 Å². The van der Waals surface area contributed by atoms with E-state index >= 15 is 4.39 Å². The molecule has 0 spiro atoms. The predicted octanol–water partition coefficient (Wildman–Crippen LogP) is 3.78. The lowest BCUT2D eigenvalue weighted by Crippen LogP contribution is -2.38. The zero-order chi connectivity index (χ0) is 23.3. The maximum atomic E-state index is 15.6. The summed E-state index contributed by atoms with van der Waals surface area (Å²) in [5.74, 6) is 0. The lowest BCUT2D eigenvalue weighted by atomic mass is 10.1. The van der Waals surface area contributed by atoms with Gasteiger partial charge < -0.3 is 18.6 Å². The average molecular weight is 443 g/mol. The van der Waals surface area contributed by atoms with Crippen LogP contribution in [0.15, 0.2) is 11.0 Å². The van der Waals surface area contributed by atoms with E-state index in [1.165, 1.54) is 6.20 Å². The Morgan fingerprint density at radius 3 is 2.67 bits per heavy atom. The first-order chi connectivity index (χ1) is 14.6. The third-order valence-electron chi connectivity index (χ3n) is 4.79. The highest BCUT2D eigenvalue weighted by molar-refractivity contribution is 7.44. The second kappa shape index (κ2) is 10.7. The van der Waals surface area contributed by atoms with Gasteiger partial charge in [-0.15, -0.1) is 0 Å². The van der Waals surface area contributed by atoms with Crippen molar-refractivity contribution in [2.24, 2.45) is 0 Å². The third kappa shape index (κ3) is 5.63. The van der Waals surface area contributed by atoms with Crippen molar-refractivity contribution in [1.82, 2.24) is 14.2 Å². The summed E-state index contributed by atoms with van der Waals surface area (Å²) >= 11 is 0. The van der Waals surface area contributed by atoms with Crippen LogP contribution in [0, 0.1) is 20.4 Å². The van der Waals surface area contributed by atoms with E-state index in [1.54, 1.807) is 13.8 Å². The van der Waals surface area contributed by atoms with Gasteiger partial charge in [0.1, 0.15) is 12.7 Å². The van der Waals surface area contributed by atoms with Gasteiger partial charge in [-0.1, -0.05) is 0 Å². The molecule has 1 aromatic rings. The molecule has 30 heavy (non-hydrogen) atoms. The SMILES string of the molecule is [2H]C[C@H]1O[C@@H](n2cc(C)c(C)nc2=O)C(F)[C@H]1OP(OCC[N+]#[C-])N(C(C)C)C(C)C. The molecule has 10 heteroatoms. The second-order valence-corrected chi connectivity index (χ2v) is 9.21. The Morgan fingerprint density at radius 1 is 1.43 bits per heavy atom. The molecule has 0 aromatic carbocycles. The Labute approximate surface area is 180 Å². The minimum Gasteiger partial charge on any atom is -0.349 e. The summed E-state index contributed by atoms with van der Waals surface area (Å²) in [5.41, 5.74) is 0.695. The number of nitrogens with zero attached hydrogens (tertiary/aromatic N) is 4. The van der Waals surface area contributed by atoms with Crippen molar-refractivity contribution in [1.29, 1.82) is 0 Å². The molecule has 0 radical (unpaired) electrons. The quantitative estimate of drug-likeness (QED) is 0.329. The molecule has 0 aliphatic carbocycles. The van der Waals surface area contributed by atoms with Gasteiger partial charge in [-0.3, -0.25) is 4.57 Å². The molecule has 1 aromatic heterocycles. The Bertz CT molecular complexity index is 826. The van der Waals surface area contributed by atoms with Gasteiger partial charge in [0.05, 0.1) is 6.10 Å². The Balaban J connectivity index is 2.32. The van der Waals surface area contributed by atoms with Crippen LogP contribution in [-0.2, 0) is 13.8 Å². The van der Waals surface area contributed by atoms with Gasteiger partial charge in [0.15, 0.2) is 12.4 Å². The molecule has 8 nitrogen and oxygen atoms in total. The fourth-order valence-electron chi connectivity index (χ4n) is 3.27. The van der Waals surface area contributed by atoms with Crippen LogP contribution in [0.25, 0.3) is 4.85 Å². The first kappa shape index (κ1) is 23.2. The van der Waals surface area contributed by atoms with E-state index in [2.05, 4.69) is 9.83 Å². The second-order valence-electron chi connectivity index (χ2n) is 7.80. The zero-order valence-electron chi connectivity index (χ0n) is 19.4. The largest absolute Gasteiger partial charge is 0.350 e. The summed E-state index contributed by atoms with van der Waals surface area (Å²) in [6, 6.07) is 0.104. The van der Waals surface area contributed by atoms with Crippen molar-refractivity contribution in [2.75, 3.05) is 13.2 Å². The molecular weight excluding hydrogens is 410 g/mol. The molecule has 5 atom stereocenters. The van der Waals surface area contributed by atoms with Gasteiger partial charge in [0, 0.05) is 25.3 Å². The number of aromatic nitrogens is 2. The Kier molecular flexibility index (Phi) is 8.32. The number of hydrogen-bond donors (Lipinski definition) is 0. The van der Waals surface area contributed by atoms with Gasteiger partial charge in [0.25, 0.3) is 8.53 Å². The predicted molar refractivity (Wildman–Crippen MR) is 114 cm³/mol. The van der Waals surface area contributed by atoms with E-state index in [0.29, 0.717) is 5.69 Å². The zero-order valence-corrected chi connectivity index (χ0v) is 19.3. The molecule has 1 aliphatic rings. The number of hydrogen-bond acceptors (Lipinski definition) is 6. The molecule has 1 aliphatic heterocycles. The smallest absolute Gasteiger partial charge is 0.349 e. The lowest BCUT2D eigenvalue weighted by molar-refractivity contribution is -0.0181. The van der Waals surface area contributed by atoms with E-state index < -0.39 is 38.8 Å². The van der Waals surface area contributed by atoms with Gasteiger partial charge in [0.2, 0.25) is 6.54 Å². The van der Waals surface area contributed by atoms with Crippen molar-refractivity contribution >= 4 is 8.53 Å². The van der Waals surface area contributed by atoms with E-state index in [1.807, 2.05) is 32.4 Å². The van der Waals surface area contributed by atoms with Crippen molar-refractivity contribution in [2.45, 2.75) is 85.1 Å². The number of alkyl halides is 1. The van der Waals surface area contributed by atoms with Crippen molar-refractivity contribution in [3.63, 3.8) is 0 Å². The monoisotopic (exact) mass is 443 g/mol. The first-order valence-corrected chi connectivity index (χ1v) is 11.1. The highest BCUT2D eigenvalue weighted by atomic mass is 31.2. The van der Waals surface area contributed by atoms with Crippen LogP contribution in [0.1, 0.15) is 53.5 Å². The standard InChI is InChI=1S/C20H32FN4O4P/c1-12(2)25(13(3)4)30(27-10-9-22-8)29-18-16(7)28-19(17(18)21)24-11-14(5)15(6)23-20(24)26/h11-13,16-19H,9-10H2,1-7H3/t16-,17?,18+,19-,30?/m1/s1/i7D. The van der Waals surface area contributed by atoms with E-state index in [4.69, 9.17) is 21.7 Å². The third-order valence-corrected chi connectivity index (χ3v) is 6.92. The lowest BCUT2D eigenvalue weighted by Gasteiger charge is -2.37. The highest BCUT2D eigenvalue weighted by Gasteiger charge is 2.48. The maximum Gasteiger partial charge on any atom is 0.350 e. The molecule has 0 amide bonds. The van der Waals surface area contributed by atoms with Crippen LogP contribution in [-0.4, -0.2) is 57.8 Å². The molecule has 168 valence electrons. The molecule has 1 fully saturated rings. The number of halogens is 1. The van der Waals surface area contributed by atoms with Crippen LogP contribution < -0.4 is 5.69 Å². The molecule has 2 rings (SSSR count). The Hall–Kier alpha value is -1.43. The summed E-state index contributed by atoms with van der Waals surface area (Å²) in [6.45, 7) is 18.5. The molecule has 0 saturated carbocycles. The molecule has 1 saturated heterocycles. The minimum absolute atomic E-state index is 0.0521. The first-order valence-electron chi connectivity index (χ1n) is 10.7. The highest BCUT2D eigenvalue weighted by Crippen LogP contribution is 2.50. The number of rotatable bonds is 9. The molecular formula is C20H32FN4O4P. The molecule has 2 unspecified atom stereocenters. The van der Waals surface area contributed by atoms with Crippen LogP contribution in [0.2, 0.25) is 0 Å². The number of ether oxygens (including phenoxy) is 1. The fourth-order valence-corrected chi connectivity index (χ4v) is 5.02. The van der Waals surface area contributed by atoms with E-state index in [-0.39, 0.29) is 32.1 Å². The Morgan fingerprint density at radius 2 is 2.10 bits per heavy atom. The van der Waals surface area contributed by atoms with E-state index in [0.717, 1.165) is 10.1 Å². The molecule has 0 bridgehead atoms. The normalized spacial score (nSPS) is 25.7. The van der Waals surface area contributed by atoms with Crippen LogP contribution >= 0.6 is 8.53 Å². The van der Waals surface area contributed by atoms with E-state index in [9.17, 15) is 4.79 Å². The van der Waals surface area contributed by atoms with Gasteiger partial charge in [-0.25, -0.2) is 20.4 Å². The van der Waals surface area contributed by atoms with Gasteiger partial charge in [-0.05, 0) is 54.0 Å². The van der Waals surface area contributed by atoms with Crippen molar-refractivity contribution < 1.29 is 19.5 Å². The molecule has 0 N–H and O–H groups in total. The van der Waals surface area contributed by atoms with Gasteiger partial charge >= 0.3 is 5.69 Å². The number of aryl methyl sites for hydroxylation is 2. The molecule has 2 heterocycles. The average Bonchev–Trinajstić information content (AvgIpc) is 2.99. The summed E-state index contributed by atoms with van der Waals surface area (Å²) in [5, 5.41) is 0. The van der Waals surface area contributed by atoms with Crippen LogP contribution in [0.4, 0.5) is 4.39 Å².